The summed E-state index contributed by atoms with van der Waals surface area (Å²) in [6.07, 6.45) is 3.92. The largest absolute Gasteiger partial charge is 0.309 e. The lowest BCUT2D eigenvalue weighted by Gasteiger charge is -2.30. The van der Waals surface area contributed by atoms with E-state index in [1.165, 1.54) is 66.3 Å². The minimum Gasteiger partial charge on any atom is -0.309 e. The van der Waals surface area contributed by atoms with Crippen LogP contribution >= 0.6 is 0 Å². The number of rotatable bonds is 3. The first-order valence-corrected chi connectivity index (χ1v) is 17.2. The molecule has 50 heavy (non-hydrogen) atoms. The first kappa shape index (κ1) is 27.4. The van der Waals surface area contributed by atoms with Crippen molar-refractivity contribution in [1.82, 2.24) is 14.5 Å². The topological polar surface area (TPSA) is 30.7 Å². The van der Waals surface area contributed by atoms with E-state index in [1.807, 2.05) is 12.4 Å². The second-order valence-corrected chi connectivity index (χ2v) is 13.4. The molecule has 1 spiro atoms. The molecule has 11 rings (SSSR count). The standard InChI is InChI=1S/C47H29N3/c1-2-12-30(13-3-1)32-23-24-44-38(27-32)37-18-6-9-22-43(37)50(44)34-15-10-14-31(26-34)33-28-42-46(49-29-33)45-41(21-11-25-48-45)47(42)39-19-7-4-16-35(39)36-17-5-8-20-40(36)47/h1-29H. The SMILES string of the molecule is c1ccc(-c2ccc3c(c2)c2ccccc2n3-c2cccc(-c3cnc4c(c3)C3(c5ccccc5-c5ccccc53)c3cccnc3-4)c2)cc1. The number of hydrogen-bond acceptors (Lipinski definition) is 2. The highest BCUT2D eigenvalue weighted by atomic mass is 15.0. The maximum Gasteiger partial charge on any atom is 0.0937 e. The minimum absolute atomic E-state index is 0.476. The first-order valence-electron chi connectivity index (χ1n) is 17.2. The van der Waals surface area contributed by atoms with Crippen molar-refractivity contribution < 1.29 is 0 Å². The molecule has 0 radical (unpaired) electrons. The summed E-state index contributed by atoms with van der Waals surface area (Å²) in [4.78, 5) is 10.1. The molecule has 232 valence electrons. The van der Waals surface area contributed by atoms with Gasteiger partial charge in [-0.3, -0.25) is 9.97 Å². The molecule has 0 N–H and O–H groups in total. The van der Waals surface area contributed by atoms with Gasteiger partial charge in [-0.05, 0) is 87.0 Å². The average molecular weight is 636 g/mol. The third-order valence-corrected chi connectivity index (χ3v) is 10.9. The van der Waals surface area contributed by atoms with E-state index in [2.05, 4.69) is 168 Å². The van der Waals surface area contributed by atoms with E-state index in [-0.39, 0.29) is 0 Å². The van der Waals surface area contributed by atoms with Crippen LogP contribution in [0, 0.1) is 0 Å². The highest BCUT2D eigenvalue weighted by molar-refractivity contribution is 6.10. The Kier molecular flexibility index (Phi) is 5.59. The van der Waals surface area contributed by atoms with Crippen molar-refractivity contribution in [1.29, 1.82) is 0 Å². The van der Waals surface area contributed by atoms with Crippen molar-refractivity contribution in [3.8, 4) is 50.5 Å². The third kappa shape index (κ3) is 3.58. The van der Waals surface area contributed by atoms with Gasteiger partial charge in [-0.1, -0.05) is 121 Å². The molecule has 3 nitrogen and oxygen atoms in total. The summed E-state index contributed by atoms with van der Waals surface area (Å²) >= 11 is 0. The molecular weight excluding hydrogens is 607 g/mol. The lowest BCUT2D eigenvalue weighted by Crippen LogP contribution is -2.26. The Morgan fingerprint density at radius 2 is 1.06 bits per heavy atom. The van der Waals surface area contributed by atoms with Gasteiger partial charge < -0.3 is 4.57 Å². The van der Waals surface area contributed by atoms with Gasteiger partial charge in [-0.25, -0.2) is 0 Å². The van der Waals surface area contributed by atoms with E-state index in [9.17, 15) is 0 Å². The summed E-state index contributed by atoms with van der Waals surface area (Å²) < 4.78 is 2.40. The molecule has 0 saturated carbocycles. The predicted molar refractivity (Wildman–Crippen MR) is 204 cm³/mol. The maximum atomic E-state index is 5.20. The molecule has 6 aromatic carbocycles. The number of pyridine rings is 2. The maximum absolute atomic E-state index is 5.20. The fraction of sp³-hybridized carbons (Fsp3) is 0.0213. The lowest BCUT2D eigenvalue weighted by molar-refractivity contribution is 0.790. The molecule has 3 heteroatoms. The quantitative estimate of drug-likeness (QED) is 0.193. The zero-order chi connectivity index (χ0) is 32.8. The van der Waals surface area contributed by atoms with Gasteiger partial charge in [0, 0.05) is 40.0 Å². The number of nitrogens with zero attached hydrogens (tertiary/aromatic N) is 3. The van der Waals surface area contributed by atoms with E-state index in [4.69, 9.17) is 9.97 Å². The first-order chi connectivity index (χ1) is 24.8. The molecule has 0 bridgehead atoms. The minimum atomic E-state index is -0.476. The van der Waals surface area contributed by atoms with Crippen LogP contribution in [0.15, 0.2) is 176 Å². The van der Waals surface area contributed by atoms with Crippen LogP contribution in [0.25, 0.3) is 72.3 Å². The van der Waals surface area contributed by atoms with Crippen LogP contribution < -0.4 is 0 Å². The molecule has 3 aromatic heterocycles. The molecule has 0 atom stereocenters. The number of aromatic nitrogens is 3. The predicted octanol–water partition coefficient (Wildman–Crippen LogP) is 11.3. The molecule has 0 unspecified atom stereocenters. The molecule has 0 saturated heterocycles. The lowest BCUT2D eigenvalue weighted by atomic mass is 9.71. The monoisotopic (exact) mass is 635 g/mol. The Hall–Kier alpha value is -6.58. The van der Waals surface area contributed by atoms with Crippen molar-refractivity contribution >= 4 is 21.8 Å². The zero-order valence-corrected chi connectivity index (χ0v) is 27.1. The summed E-state index contributed by atoms with van der Waals surface area (Å²) in [6, 6.07) is 59.5. The molecule has 0 fully saturated rings. The second-order valence-electron chi connectivity index (χ2n) is 13.4. The summed E-state index contributed by atoms with van der Waals surface area (Å²) in [5.74, 6) is 0. The van der Waals surface area contributed by atoms with Crippen LogP contribution in [0.3, 0.4) is 0 Å². The molecule has 3 heterocycles. The van der Waals surface area contributed by atoms with Gasteiger partial charge in [0.15, 0.2) is 0 Å². The molecule has 2 aliphatic rings. The van der Waals surface area contributed by atoms with Crippen molar-refractivity contribution in [3.05, 3.63) is 198 Å². The Balaban J connectivity index is 1.11. The molecule has 0 aliphatic heterocycles. The van der Waals surface area contributed by atoms with Crippen LogP contribution in [-0.2, 0) is 5.41 Å². The third-order valence-electron chi connectivity index (χ3n) is 10.9. The van der Waals surface area contributed by atoms with Gasteiger partial charge in [0.2, 0.25) is 0 Å². The Morgan fingerprint density at radius 3 is 1.90 bits per heavy atom. The zero-order valence-electron chi connectivity index (χ0n) is 27.1. The summed E-state index contributed by atoms with van der Waals surface area (Å²) in [7, 11) is 0. The van der Waals surface area contributed by atoms with Gasteiger partial charge in [-0.15, -0.1) is 0 Å². The van der Waals surface area contributed by atoms with E-state index >= 15 is 0 Å². The van der Waals surface area contributed by atoms with Crippen molar-refractivity contribution in [2.45, 2.75) is 5.41 Å². The van der Waals surface area contributed by atoms with Crippen LogP contribution in [-0.4, -0.2) is 14.5 Å². The van der Waals surface area contributed by atoms with Gasteiger partial charge in [0.25, 0.3) is 0 Å². The van der Waals surface area contributed by atoms with Gasteiger partial charge in [0.1, 0.15) is 0 Å². The van der Waals surface area contributed by atoms with E-state index in [0.717, 1.165) is 28.2 Å². The van der Waals surface area contributed by atoms with Crippen LogP contribution in [0.2, 0.25) is 0 Å². The van der Waals surface area contributed by atoms with Crippen molar-refractivity contribution in [2.24, 2.45) is 0 Å². The fourth-order valence-corrected chi connectivity index (χ4v) is 8.84. The Morgan fingerprint density at radius 1 is 0.400 bits per heavy atom. The van der Waals surface area contributed by atoms with Crippen molar-refractivity contribution in [2.75, 3.05) is 0 Å². The highest BCUT2D eigenvalue weighted by Gasteiger charge is 2.52. The van der Waals surface area contributed by atoms with Crippen molar-refractivity contribution in [3.63, 3.8) is 0 Å². The fourth-order valence-electron chi connectivity index (χ4n) is 8.84. The average Bonchev–Trinajstić information content (AvgIpc) is 3.80. The highest BCUT2D eigenvalue weighted by Crippen LogP contribution is 2.62. The van der Waals surface area contributed by atoms with Crippen LogP contribution in [0.1, 0.15) is 22.3 Å². The Bertz CT molecular complexity index is 2760. The molecule has 9 aromatic rings. The van der Waals surface area contributed by atoms with Gasteiger partial charge in [-0.2, -0.15) is 0 Å². The normalized spacial score (nSPS) is 13.4. The Labute approximate surface area is 289 Å². The second kappa shape index (κ2) is 10.2. The van der Waals surface area contributed by atoms with E-state index < -0.39 is 5.41 Å². The molecule has 0 amide bonds. The number of fused-ring (bicyclic) bond motifs is 13. The number of para-hydroxylation sites is 1. The summed E-state index contributed by atoms with van der Waals surface area (Å²) in [5, 5.41) is 2.49. The van der Waals surface area contributed by atoms with E-state index in [0.29, 0.717) is 0 Å². The molecular formula is C47H29N3. The summed E-state index contributed by atoms with van der Waals surface area (Å²) in [6.45, 7) is 0. The molecule has 2 aliphatic carbocycles. The number of benzene rings is 6. The summed E-state index contributed by atoms with van der Waals surface area (Å²) in [5.41, 5.74) is 17.2. The van der Waals surface area contributed by atoms with Crippen LogP contribution in [0.4, 0.5) is 0 Å². The van der Waals surface area contributed by atoms with Crippen LogP contribution in [0.5, 0.6) is 0 Å². The van der Waals surface area contributed by atoms with Gasteiger partial charge in [0.05, 0.1) is 27.8 Å². The van der Waals surface area contributed by atoms with E-state index in [1.54, 1.807) is 0 Å². The van der Waals surface area contributed by atoms with Gasteiger partial charge >= 0.3 is 0 Å². The number of hydrogen-bond donors (Lipinski definition) is 0. The smallest absolute Gasteiger partial charge is 0.0937 e.